The fraction of sp³-hybridized carbons (Fsp3) is 0.294. The van der Waals surface area contributed by atoms with Crippen LogP contribution >= 0.6 is 15.9 Å². The minimum atomic E-state index is -0.174. The number of hydrogen-bond acceptors (Lipinski definition) is 1. The van der Waals surface area contributed by atoms with Crippen LogP contribution in [0, 0.1) is 5.82 Å². The third kappa shape index (κ3) is 4.73. The van der Waals surface area contributed by atoms with E-state index < -0.39 is 0 Å². The van der Waals surface area contributed by atoms with E-state index >= 15 is 0 Å². The first-order valence-corrected chi connectivity index (χ1v) is 7.68. The molecule has 106 valence electrons. The van der Waals surface area contributed by atoms with E-state index in [9.17, 15) is 4.39 Å². The van der Waals surface area contributed by atoms with E-state index in [4.69, 9.17) is 5.73 Å². The molecule has 0 aliphatic heterocycles. The van der Waals surface area contributed by atoms with Crippen molar-refractivity contribution in [3.05, 3.63) is 69.9 Å². The smallest absolute Gasteiger partial charge is 0.126 e. The van der Waals surface area contributed by atoms with E-state index in [-0.39, 0.29) is 11.9 Å². The van der Waals surface area contributed by atoms with Crippen LogP contribution in [0.25, 0.3) is 0 Å². The molecule has 0 aliphatic carbocycles. The molecule has 0 heterocycles. The Kier molecular flexibility index (Phi) is 5.74. The van der Waals surface area contributed by atoms with Gasteiger partial charge in [0.2, 0.25) is 0 Å². The van der Waals surface area contributed by atoms with Crippen molar-refractivity contribution < 1.29 is 4.39 Å². The number of benzene rings is 2. The Hall–Kier alpha value is -1.19. The van der Waals surface area contributed by atoms with Crippen molar-refractivity contribution in [1.82, 2.24) is 0 Å². The van der Waals surface area contributed by atoms with Gasteiger partial charge in [-0.25, -0.2) is 4.39 Å². The lowest BCUT2D eigenvalue weighted by atomic mass is 9.99. The highest BCUT2D eigenvalue weighted by Crippen LogP contribution is 2.18. The van der Waals surface area contributed by atoms with Crippen molar-refractivity contribution in [3.8, 4) is 0 Å². The van der Waals surface area contributed by atoms with Crippen LogP contribution in [0.3, 0.4) is 0 Å². The summed E-state index contributed by atoms with van der Waals surface area (Å²) in [4.78, 5) is 0. The molecule has 2 aromatic rings. The number of rotatable bonds is 6. The Morgan fingerprint density at radius 3 is 2.60 bits per heavy atom. The van der Waals surface area contributed by atoms with E-state index in [1.165, 1.54) is 11.6 Å². The normalized spacial score (nSPS) is 12.3. The number of aryl methyl sites for hydroxylation is 1. The molecule has 1 unspecified atom stereocenters. The molecule has 2 N–H and O–H groups in total. The lowest BCUT2D eigenvalue weighted by Crippen LogP contribution is -2.23. The van der Waals surface area contributed by atoms with Gasteiger partial charge in [-0.05, 0) is 55.0 Å². The lowest BCUT2D eigenvalue weighted by Gasteiger charge is -2.12. The topological polar surface area (TPSA) is 26.0 Å². The summed E-state index contributed by atoms with van der Waals surface area (Å²) in [6.45, 7) is 0. The molecule has 0 aliphatic rings. The molecular weight excluding hydrogens is 317 g/mol. The molecule has 1 nitrogen and oxygen atoms in total. The van der Waals surface area contributed by atoms with Crippen LogP contribution in [0.15, 0.2) is 53.0 Å². The maximum atomic E-state index is 13.6. The molecule has 2 aromatic carbocycles. The Morgan fingerprint density at radius 1 is 1.10 bits per heavy atom. The first kappa shape index (κ1) is 15.2. The summed E-state index contributed by atoms with van der Waals surface area (Å²) < 4.78 is 14.5. The van der Waals surface area contributed by atoms with Gasteiger partial charge in [-0.2, -0.15) is 0 Å². The van der Waals surface area contributed by atoms with Crippen molar-refractivity contribution in [2.45, 2.75) is 31.7 Å². The van der Waals surface area contributed by atoms with Gasteiger partial charge in [0.05, 0.1) is 0 Å². The van der Waals surface area contributed by atoms with Crippen LogP contribution in [-0.2, 0) is 12.8 Å². The van der Waals surface area contributed by atoms with Crippen LogP contribution in [0.2, 0.25) is 0 Å². The predicted octanol–water partition coefficient (Wildman–Crippen LogP) is 4.48. The van der Waals surface area contributed by atoms with Crippen LogP contribution < -0.4 is 5.73 Å². The molecule has 2 rings (SSSR count). The highest BCUT2D eigenvalue weighted by molar-refractivity contribution is 9.10. The summed E-state index contributed by atoms with van der Waals surface area (Å²) in [5.74, 6) is -0.174. The molecule has 0 bridgehead atoms. The second-order valence-electron chi connectivity index (χ2n) is 5.08. The standard InChI is InChI=1S/C17H19BrFN/c18-15-9-10-17(19)14(11-15)12-16(20)8-4-7-13-5-2-1-3-6-13/h1-3,5-6,9-11,16H,4,7-8,12,20H2. The molecule has 0 spiro atoms. The summed E-state index contributed by atoms with van der Waals surface area (Å²) in [5, 5.41) is 0. The summed E-state index contributed by atoms with van der Waals surface area (Å²) in [6, 6.07) is 15.4. The highest BCUT2D eigenvalue weighted by Gasteiger charge is 2.09. The fourth-order valence-corrected chi connectivity index (χ4v) is 2.71. The van der Waals surface area contributed by atoms with E-state index in [2.05, 4.69) is 28.1 Å². The maximum absolute atomic E-state index is 13.6. The van der Waals surface area contributed by atoms with Crippen molar-refractivity contribution in [2.75, 3.05) is 0 Å². The predicted molar refractivity (Wildman–Crippen MR) is 85.2 cm³/mol. The summed E-state index contributed by atoms with van der Waals surface area (Å²) in [6.07, 6.45) is 3.54. The van der Waals surface area contributed by atoms with Crippen molar-refractivity contribution in [2.24, 2.45) is 5.73 Å². The Bertz CT molecular complexity index is 542. The second-order valence-corrected chi connectivity index (χ2v) is 5.99. The molecule has 0 saturated carbocycles. The SMILES string of the molecule is NC(CCCc1ccccc1)Cc1cc(Br)ccc1F. The zero-order valence-corrected chi connectivity index (χ0v) is 12.9. The van der Waals surface area contributed by atoms with E-state index in [0.717, 1.165) is 23.7 Å². The fourth-order valence-electron chi connectivity index (χ4n) is 2.30. The monoisotopic (exact) mass is 335 g/mol. The second kappa shape index (κ2) is 7.55. The van der Waals surface area contributed by atoms with Gasteiger partial charge in [0.15, 0.2) is 0 Å². The van der Waals surface area contributed by atoms with Crippen LogP contribution in [0.5, 0.6) is 0 Å². The van der Waals surface area contributed by atoms with Crippen LogP contribution in [0.1, 0.15) is 24.0 Å². The maximum Gasteiger partial charge on any atom is 0.126 e. The first-order chi connectivity index (χ1) is 9.65. The number of halogens is 2. The quantitative estimate of drug-likeness (QED) is 0.827. The Balaban J connectivity index is 1.80. The third-order valence-corrected chi connectivity index (χ3v) is 3.87. The molecule has 0 aromatic heterocycles. The zero-order valence-electron chi connectivity index (χ0n) is 11.4. The Labute approximate surface area is 128 Å². The summed E-state index contributed by atoms with van der Waals surface area (Å²) >= 11 is 3.36. The number of hydrogen-bond donors (Lipinski definition) is 1. The van der Waals surface area contributed by atoms with Gasteiger partial charge in [0.25, 0.3) is 0 Å². The summed E-state index contributed by atoms with van der Waals surface area (Å²) in [7, 11) is 0. The van der Waals surface area contributed by atoms with Crippen molar-refractivity contribution >= 4 is 15.9 Å². The highest BCUT2D eigenvalue weighted by atomic mass is 79.9. The number of nitrogens with two attached hydrogens (primary N) is 1. The van der Waals surface area contributed by atoms with Crippen molar-refractivity contribution in [3.63, 3.8) is 0 Å². The van der Waals surface area contributed by atoms with Gasteiger partial charge in [-0.1, -0.05) is 46.3 Å². The Morgan fingerprint density at radius 2 is 1.85 bits per heavy atom. The molecule has 0 saturated heterocycles. The van der Waals surface area contributed by atoms with Gasteiger partial charge < -0.3 is 5.73 Å². The zero-order chi connectivity index (χ0) is 14.4. The van der Waals surface area contributed by atoms with Crippen molar-refractivity contribution in [1.29, 1.82) is 0 Å². The molecule has 0 radical (unpaired) electrons. The average molecular weight is 336 g/mol. The minimum Gasteiger partial charge on any atom is -0.327 e. The van der Waals surface area contributed by atoms with Gasteiger partial charge in [0, 0.05) is 10.5 Å². The molecule has 0 fully saturated rings. The average Bonchev–Trinajstić information content (AvgIpc) is 2.44. The van der Waals surface area contributed by atoms with E-state index in [1.807, 2.05) is 24.3 Å². The van der Waals surface area contributed by atoms with Crippen LogP contribution in [0.4, 0.5) is 4.39 Å². The van der Waals surface area contributed by atoms with Gasteiger partial charge in [-0.15, -0.1) is 0 Å². The molecule has 0 amide bonds. The first-order valence-electron chi connectivity index (χ1n) is 6.88. The van der Waals surface area contributed by atoms with E-state index in [0.29, 0.717) is 12.0 Å². The van der Waals surface area contributed by atoms with E-state index in [1.54, 1.807) is 6.07 Å². The molecule has 20 heavy (non-hydrogen) atoms. The third-order valence-electron chi connectivity index (χ3n) is 3.37. The largest absolute Gasteiger partial charge is 0.327 e. The summed E-state index contributed by atoms with van der Waals surface area (Å²) in [5.41, 5.74) is 8.12. The van der Waals surface area contributed by atoms with Gasteiger partial charge >= 0.3 is 0 Å². The molecule has 3 heteroatoms. The van der Waals surface area contributed by atoms with Gasteiger partial charge in [-0.3, -0.25) is 0 Å². The lowest BCUT2D eigenvalue weighted by molar-refractivity contribution is 0.551. The van der Waals surface area contributed by atoms with Gasteiger partial charge in [0.1, 0.15) is 5.82 Å². The molecular formula is C17H19BrFN. The molecule has 1 atom stereocenters. The minimum absolute atomic E-state index is 0.00233. The van der Waals surface area contributed by atoms with Crippen LogP contribution in [-0.4, -0.2) is 6.04 Å².